The summed E-state index contributed by atoms with van der Waals surface area (Å²) in [7, 11) is 2.08. The molecule has 0 amide bonds. The van der Waals surface area contributed by atoms with Crippen molar-refractivity contribution < 1.29 is 0 Å². The third-order valence-electron chi connectivity index (χ3n) is 3.71. The van der Waals surface area contributed by atoms with Crippen LogP contribution in [-0.2, 0) is 0 Å². The van der Waals surface area contributed by atoms with E-state index in [2.05, 4.69) is 22.2 Å². The summed E-state index contributed by atoms with van der Waals surface area (Å²) < 4.78 is 0. The number of halogens is 2. The Hall–Kier alpha value is -0.670. The van der Waals surface area contributed by atoms with Crippen molar-refractivity contribution in [2.24, 2.45) is 0 Å². The molecule has 1 saturated carbocycles. The molecule has 1 aromatic rings. The summed E-state index contributed by atoms with van der Waals surface area (Å²) in [5, 5.41) is 4.37. The van der Waals surface area contributed by atoms with Crippen LogP contribution in [0.15, 0.2) is 6.07 Å². The van der Waals surface area contributed by atoms with Gasteiger partial charge >= 0.3 is 0 Å². The van der Waals surface area contributed by atoms with Crippen LogP contribution in [0.3, 0.4) is 0 Å². The van der Waals surface area contributed by atoms with Gasteiger partial charge in [-0.3, -0.25) is 0 Å². The summed E-state index contributed by atoms with van der Waals surface area (Å²) in [6, 6.07) is 2.32. The third kappa shape index (κ3) is 3.46. The second-order valence-electron chi connectivity index (χ2n) is 5.06. The summed E-state index contributed by atoms with van der Waals surface area (Å²) >= 11 is 12.4. The molecule has 1 aromatic heterocycles. The van der Waals surface area contributed by atoms with Gasteiger partial charge in [-0.1, -0.05) is 42.5 Å². The minimum atomic E-state index is 0.536. The molecule has 0 aromatic carbocycles. The van der Waals surface area contributed by atoms with E-state index in [0.29, 0.717) is 21.9 Å². The fourth-order valence-corrected chi connectivity index (χ4v) is 3.20. The Bertz CT molecular complexity index is 431. The van der Waals surface area contributed by atoms with E-state index in [0.717, 1.165) is 12.4 Å². The minimum Gasteiger partial charge on any atom is -0.369 e. The lowest BCUT2D eigenvalue weighted by atomic mass is 9.94. The maximum atomic E-state index is 6.30. The Morgan fingerprint density at radius 2 is 1.95 bits per heavy atom. The molecule has 0 spiro atoms. The zero-order valence-corrected chi connectivity index (χ0v) is 13.1. The van der Waals surface area contributed by atoms with E-state index in [1.54, 1.807) is 6.07 Å². The number of anilines is 2. The first-order valence-corrected chi connectivity index (χ1v) is 7.71. The molecule has 1 aliphatic carbocycles. The number of hydrogen-bond donors (Lipinski definition) is 1. The Balaban J connectivity index is 2.24. The number of rotatable bonds is 4. The average Bonchev–Trinajstić information content (AvgIpc) is 2.42. The fraction of sp³-hybridized carbons (Fsp3) is 0.643. The first-order chi connectivity index (χ1) is 9.13. The molecule has 19 heavy (non-hydrogen) atoms. The van der Waals surface area contributed by atoms with Gasteiger partial charge in [0.1, 0.15) is 11.6 Å². The topological polar surface area (TPSA) is 28.2 Å². The van der Waals surface area contributed by atoms with Gasteiger partial charge in [-0.2, -0.15) is 0 Å². The van der Waals surface area contributed by atoms with Crippen molar-refractivity contribution in [2.75, 3.05) is 23.8 Å². The highest BCUT2D eigenvalue weighted by molar-refractivity contribution is 6.37. The number of aromatic nitrogens is 1. The molecule has 5 heteroatoms. The van der Waals surface area contributed by atoms with E-state index >= 15 is 0 Å². The predicted molar refractivity (Wildman–Crippen MR) is 83.7 cm³/mol. The molecule has 3 nitrogen and oxygen atoms in total. The highest BCUT2D eigenvalue weighted by atomic mass is 35.5. The maximum absolute atomic E-state index is 6.30. The van der Waals surface area contributed by atoms with Crippen molar-refractivity contribution >= 4 is 34.8 Å². The van der Waals surface area contributed by atoms with Crippen LogP contribution in [0.2, 0.25) is 10.0 Å². The van der Waals surface area contributed by atoms with Crippen LogP contribution in [-0.4, -0.2) is 24.6 Å². The van der Waals surface area contributed by atoms with Gasteiger partial charge in [-0.05, 0) is 25.8 Å². The van der Waals surface area contributed by atoms with E-state index in [1.807, 2.05) is 6.92 Å². The van der Waals surface area contributed by atoms with Crippen molar-refractivity contribution in [2.45, 2.75) is 45.1 Å². The monoisotopic (exact) mass is 301 g/mol. The lowest BCUT2D eigenvalue weighted by Gasteiger charge is -2.32. The molecule has 0 bridgehead atoms. The highest BCUT2D eigenvalue weighted by Crippen LogP contribution is 2.34. The SMILES string of the molecule is CCNc1nc(N(C)C2CCCCC2)c(Cl)cc1Cl. The van der Waals surface area contributed by atoms with Crippen LogP contribution in [0.25, 0.3) is 0 Å². The lowest BCUT2D eigenvalue weighted by Crippen LogP contribution is -2.34. The third-order valence-corrected chi connectivity index (χ3v) is 4.28. The molecule has 1 N–H and O–H groups in total. The van der Waals surface area contributed by atoms with E-state index in [4.69, 9.17) is 23.2 Å². The molecule has 0 saturated heterocycles. The lowest BCUT2D eigenvalue weighted by molar-refractivity contribution is 0.426. The molecule has 1 fully saturated rings. The second-order valence-corrected chi connectivity index (χ2v) is 5.87. The molecule has 2 rings (SSSR count). The summed E-state index contributed by atoms with van der Waals surface area (Å²) in [6.45, 7) is 2.82. The molecule has 0 atom stereocenters. The van der Waals surface area contributed by atoms with Gasteiger partial charge in [0.25, 0.3) is 0 Å². The second kappa shape index (κ2) is 6.67. The van der Waals surface area contributed by atoms with Crippen molar-refractivity contribution in [3.05, 3.63) is 16.1 Å². The zero-order chi connectivity index (χ0) is 13.8. The average molecular weight is 302 g/mol. The number of nitrogens with one attached hydrogen (secondary N) is 1. The maximum Gasteiger partial charge on any atom is 0.149 e. The first-order valence-electron chi connectivity index (χ1n) is 6.96. The molecular formula is C14H21Cl2N3. The van der Waals surface area contributed by atoms with Crippen LogP contribution in [0, 0.1) is 0 Å². The Morgan fingerprint density at radius 3 is 2.58 bits per heavy atom. The molecule has 0 aliphatic heterocycles. The summed E-state index contributed by atoms with van der Waals surface area (Å²) in [5.74, 6) is 1.54. The van der Waals surface area contributed by atoms with Gasteiger partial charge < -0.3 is 10.2 Å². The molecule has 1 heterocycles. The van der Waals surface area contributed by atoms with Gasteiger partial charge in [0.05, 0.1) is 10.0 Å². The van der Waals surface area contributed by atoms with E-state index in [9.17, 15) is 0 Å². The normalized spacial score (nSPS) is 16.4. The number of pyridine rings is 1. The molecular weight excluding hydrogens is 281 g/mol. The van der Waals surface area contributed by atoms with Crippen LogP contribution in [0.4, 0.5) is 11.6 Å². The van der Waals surface area contributed by atoms with Crippen molar-refractivity contribution in [1.29, 1.82) is 0 Å². The van der Waals surface area contributed by atoms with Crippen molar-refractivity contribution in [3.63, 3.8) is 0 Å². The smallest absolute Gasteiger partial charge is 0.149 e. The van der Waals surface area contributed by atoms with Gasteiger partial charge in [0.15, 0.2) is 0 Å². The quantitative estimate of drug-likeness (QED) is 0.881. The molecule has 0 radical (unpaired) electrons. The van der Waals surface area contributed by atoms with Crippen LogP contribution >= 0.6 is 23.2 Å². The first kappa shape index (κ1) is 14.7. The van der Waals surface area contributed by atoms with Crippen LogP contribution in [0.1, 0.15) is 39.0 Å². The van der Waals surface area contributed by atoms with Crippen LogP contribution in [0.5, 0.6) is 0 Å². The number of hydrogen-bond acceptors (Lipinski definition) is 3. The van der Waals surface area contributed by atoms with Crippen molar-refractivity contribution in [1.82, 2.24) is 4.98 Å². The van der Waals surface area contributed by atoms with Gasteiger partial charge in [0, 0.05) is 19.6 Å². The van der Waals surface area contributed by atoms with Gasteiger partial charge in [-0.25, -0.2) is 4.98 Å². The molecule has 106 valence electrons. The minimum absolute atomic E-state index is 0.536. The summed E-state index contributed by atoms with van der Waals surface area (Å²) in [6.07, 6.45) is 6.36. The van der Waals surface area contributed by atoms with Gasteiger partial charge in [0.2, 0.25) is 0 Å². The Labute approximate surface area is 125 Å². The fourth-order valence-electron chi connectivity index (χ4n) is 2.64. The zero-order valence-electron chi connectivity index (χ0n) is 11.5. The van der Waals surface area contributed by atoms with E-state index < -0.39 is 0 Å². The summed E-state index contributed by atoms with van der Waals surface area (Å²) in [4.78, 5) is 6.79. The Kier molecular flexibility index (Phi) is 5.17. The molecule has 1 aliphatic rings. The Morgan fingerprint density at radius 1 is 1.26 bits per heavy atom. The van der Waals surface area contributed by atoms with E-state index in [1.165, 1.54) is 32.1 Å². The van der Waals surface area contributed by atoms with E-state index in [-0.39, 0.29) is 0 Å². The number of nitrogens with zero attached hydrogens (tertiary/aromatic N) is 2. The highest BCUT2D eigenvalue weighted by Gasteiger charge is 2.22. The summed E-state index contributed by atoms with van der Waals surface area (Å²) in [5.41, 5.74) is 0. The van der Waals surface area contributed by atoms with Crippen LogP contribution < -0.4 is 10.2 Å². The molecule has 0 unspecified atom stereocenters. The predicted octanol–water partition coefficient (Wildman–Crippen LogP) is 4.59. The van der Waals surface area contributed by atoms with Crippen molar-refractivity contribution in [3.8, 4) is 0 Å². The van der Waals surface area contributed by atoms with Gasteiger partial charge in [-0.15, -0.1) is 0 Å². The standard InChI is InChI=1S/C14H21Cl2N3/c1-3-17-13-11(15)9-12(16)14(18-13)19(2)10-7-5-4-6-8-10/h9-10H,3-8H2,1-2H3,(H,17,18). The largest absolute Gasteiger partial charge is 0.369 e.